The number of unbranched alkanes of at least 4 members (excludes halogenated alkanes) is 12. The standard InChI is InChI=1S/C19H38O4/c1-2-3-4-5-6-7-8-9-10-11-12-13-14-15-19(22)23-17-18(21)16-20/h18,20-21H,2-17H2,1H3/t18-/m0/s1. The molecule has 0 unspecified atom stereocenters. The van der Waals surface area contributed by atoms with Crippen LogP contribution in [0, 0.1) is 0 Å². The van der Waals surface area contributed by atoms with Gasteiger partial charge in [0.25, 0.3) is 0 Å². The number of hydrogen-bond acceptors (Lipinski definition) is 4. The molecule has 0 aromatic heterocycles. The zero-order valence-electron chi connectivity index (χ0n) is 15.1. The van der Waals surface area contributed by atoms with Gasteiger partial charge in [0, 0.05) is 6.42 Å². The molecule has 0 aromatic rings. The van der Waals surface area contributed by atoms with Gasteiger partial charge in [0.05, 0.1) is 6.61 Å². The molecule has 0 fully saturated rings. The predicted octanol–water partition coefficient (Wildman–Crippen LogP) is 4.36. The quantitative estimate of drug-likeness (QED) is 0.307. The van der Waals surface area contributed by atoms with Gasteiger partial charge in [0.1, 0.15) is 12.7 Å². The molecular weight excluding hydrogens is 292 g/mol. The normalized spacial score (nSPS) is 12.3. The van der Waals surface area contributed by atoms with Crippen LogP contribution in [0.5, 0.6) is 0 Å². The predicted molar refractivity (Wildman–Crippen MR) is 94.4 cm³/mol. The molecule has 1 atom stereocenters. The van der Waals surface area contributed by atoms with E-state index in [1.807, 2.05) is 0 Å². The second-order valence-corrected chi connectivity index (χ2v) is 6.51. The zero-order chi connectivity index (χ0) is 17.2. The second kappa shape index (κ2) is 17.7. The smallest absolute Gasteiger partial charge is 0.305 e. The van der Waals surface area contributed by atoms with Crippen LogP contribution in [0.25, 0.3) is 0 Å². The van der Waals surface area contributed by atoms with Crippen molar-refractivity contribution in [3.05, 3.63) is 0 Å². The van der Waals surface area contributed by atoms with E-state index in [2.05, 4.69) is 6.92 Å². The molecule has 0 saturated carbocycles. The highest BCUT2D eigenvalue weighted by Gasteiger charge is 2.07. The summed E-state index contributed by atoms with van der Waals surface area (Å²) in [5, 5.41) is 17.7. The van der Waals surface area contributed by atoms with E-state index in [-0.39, 0.29) is 19.2 Å². The summed E-state index contributed by atoms with van der Waals surface area (Å²) >= 11 is 0. The van der Waals surface area contributed by atoms with Crippen molar-refractivity contribution < 1.29 is 19.7 Å². The average Bonchev–Trinajstić information content (AvgIpc) is 2.56. The summed E-state index contributed by atoms with van der Waals surface area (Å²) in [5.74, 6) is -0.277. The third-order valence-electron chi connectivity index (χ3n) is 4.13. The van der Waals surface area contributed by atoms with E-state index in [9.17, 15) is 4.79 Å². The molecule has 0 heterocycles. The molecule has 4 nitrogen and oxygen atoms in total. The van der Waals surface area contributed by atoms with Crippen molar-refractivity contribution in [1.29, 1.82) is 0 Å². The lowest BCUT2D eigenvalue weighted by atomic mass is 10.0. The van der Waals surface area contributed by atoms with E-state index < -0.39 is 6.10 Å². The molecule has 0 aliphatic carbocycles. The molecule has 0 spiro atoms. The van der Waals surface area contributed by atoms with Gasteiger partial charge in [-0.1, -0.05) is 84.0 Å². The SMILES string of the molecule is CCCCCCCCCCCCCCCC(=O)OC[C@@H](O)CO. The lowest BCUT2D eigenvalue weighted by Crippen LogP contribution is -2.21. The van der Waals surface area contributed by atoms with Crippen molar-refractivity contribution in [3.8, 4) is 0 Å². The van der Waals surface area contributed by atoms with Crippen molar-refractivity contribution in [2.45, 2.75) is 103 Å². The van der Waals surface area contributed by atoms with Crippen LogP contribution in [0.3, 0.4) is 0 Å². The molecule has 0 radical (unpaired) electrons. The summed E-state index contributed by atoms with van der Waals surface area (Å²) in [4.78, 5) is 11.3. The molecule has 0 aromatic carbocycles. The van der Waals surface area contributed by atoms with Crippen LogP contribution in [0.4, 0.5) is 0 Å². The van der Waals surface area contributed by atoms with E-state index in [0.29, 0.717) is 6.42 Å². The summed E-state index contributed by atoms with van der Waals surface area (Å²) in [7, 11) is 0. The molecule has 0 rings (SSSR count). The fourth-order valence-electron chi connectivity index (χ4n) is 2.60. The minimum absolute atomic E-state index is 0.103. The molecule has 0 saturated heterocycles. The van der Waals surface area contributed by atoms with Crippen LogP contribution in [0.15, 0.2) is 0 Å². The molecule has 23 heavy (non-hydrogen) atoms. The summed E-state index contributed by atoms with van der Waals surface area (Å²) in [6.45, 7) is 1.78. The average molecular weight is 331 g/mol. The van der Waals surface area contributed by atoms with Crippen molar-refractivity contribution in [1.82, 2.24) is 0 Å². The number of carbonyl (C=O) groups excluding carboxylic acids is 1. The van der Waals surface area contributed by atoms with Gasteiger partial charge in [-0.05, 0) is 6.42 Å². The Kier molecular flexibility index (Phi) is 17.3. The minimum Gasteiger partial charge on any atom is -0.463 e. The highest BCUT2D eigenvalue weighted by molar-refractivity contribution is 5.69. The lowest BCUT2D eigenvalue weighted by Gasteiger charge is -2.08. The number of ether oxygens (including phenoxy) is 1. The third-order valence-corrected chi connectivity index (χ3v) is 4.13. The highest BCUT2D eigenvalue weighted by Crippen LogP contribution is 2.13. The number of aliphatic hydroxyl groups excluding tert-OH is 2. The van der Waals surface area contributed by atoms with Crippen molar-refractivity contribution in [3.63, 3.8) is 0 Å². The first-order chi connectivity index (χ1) is 11.2. The largest absolute Gasteiger partial charge is 0.463 e. The minimum atomic E-state index is -0.953. The van der Waals surface area contributed by atoms with Crippen LogP contribution in [-0.2, 0) is 9.53 Å². The third kappa shape index (κ3) is 17.6. The Labute approximate surface area is 142 Å². The van der Waals surface area contributed by atoms with Gasteiger partial charge < -0.3 is 14.9 Å². The van der Waals surface area contributed by atoms with Crippen molar-refractivity contribution in [2.75, 3.05) is 13.2 Å². The summed E-state index contributed by atoms with van der Waals surface area (Å²) in [6.07, 6.45) is 16.1. The first-order valence-corrected chi connectivity index (χ1v) is 9.65. The summed E-state index contributed by atoms with van der Waals surface area (Å²) in [6, 6.07) is 0. The van der Waals surface area contributed by atoms with Crippen molar-refractivity contribution in [2.24, 2.45) is 0 Å². The Morgan fingerprint density at radius 2 is 1.26 bits per heavy atom. The Bertz CT molecular complexity index is 256. The van der Waals surface area contributed by atoms with E-state index in [1.54, 1.807) is 0 Å². The molecule has 0 aliphatic rings. The number of rotatable bonds is 17. The monoisotopic (exact) mass is 330 g/mol. The first kappa shape index (κ1) is 22.4. The molecule has 4 heteroatoms. The van der Waals surface area contributed by atoms with Gasteiger partial charge in [0.2, 0.25) is 0 Å². The molecule has 0 amide bonds. The van der Waals surface area contributed by atoms with E-state index in [0.717, 1.165) is 12.8 Å². The second-order valence-electron chi connectivity index (χ2n) is 6.51. The highest BCUT2D eigenvalue weighted by atomic mass is 16.5. The number of carbonyl (C=O) groups is 1. The van der Waals surface area contributed by atoms with Gasteiger partial charge >= 0.3 is 5.97 Å². The van der Waals surface area contributed by atoms with Crippen LogP contribution in [-0.4, -0.2) is 35.5 Å². The fraction of sp³-hybridized carbons (Fsp3) is 0.947. The number of esters is 1. The fourth-order valence-corrected chi connectivity index (χ4v) is 2.60. The Morgan fingerprint density at radius 3 is 1.70 bits per heavy atom. The van der Waals surface area contributed by atoms with Gasteiger partial charge in [0.15, 0.2) is 0 Å². The van der Waals surface area contributed by atoms with E-state index >= 15 is 0 Å². The maximum Gasteiger partial charge on any atom is 0.305 e. The maximum absolute atomic E-state index is 11.3. The van der Waals surface area contributed by atoms with Crippen LogP contribution < -0.4 is 0 Å². The first-order valence-electron chi connectivity index (χ1n) is 9.65. The van der Waals surface area contributed by atoms with Gasteiger partial charge in [-0.3, -0.25) is 4.79 Å². The van der Waals surface area contributed by atoms with E-state index in [1.165, 1.54) is 70.6 Å². The molecule has 0 bridgehead atoms. The Balaban J connectivity index is 3.14. The molecule has 2 N–H and O–H groups in total. The Hall–Kier alpha value is -0.610. The molecule has 0 aliphatic heterocycles. The van der Waals surface area contributed by atoms with E-state index in [4.69, 9.17) is 14.9 Å². The van der Waals surface area contributed by atoms with Gasteiger partial charge in [-0.15, -0.1) is 0 Å². The van der Waals surface area contributed by atoms with Gasteiger partial charge in [-0.2, -0.15) is 0 Å². The molecular formula is C19H38O4. The topological polar surface area (TPSA) is 66.8 Å². The van der Waals surface area contributed by atoms with Gasteiger partial charge in [-0.25, -0.2) is 0 Å². The lowest BCUT2D eigenvalue weighted by molar-refractivity contribution is -0.147. The van der Waals surface area contributed by atoms with Crippen LogP contribution in [0.1, 0.15) is 96.8 Å². The molecule has 138 valence electrons. The van der Waals surface area contributed by atoms with Crippen LogP contribution >= 0.6 is 0 Å². The zero-order valence-corrected chi connectivity index (χ0v) is 15.1. The van der Waals surface area contributed by atoms with Crippen molar-refractivity contribution >= 4 is 5.97 Å². The summed E-state index contributed by atoms with van der Waals surface area (Å²) in [5.41, 5.74) is 0. The Morgan fingerprint density at radius 1 is 0.826 bits per heavy atom. The van der Waals surface area contributed by atoms with Crippen LogP contribution in [0.2, 0.25) is 0 Å². The maximum atomic E-state index is 11.3. The summed E-state index contributed by atoms with van der Waals surface area (Å²) < 4.78 is 4.85. The number of aliphatic hydroxyl groups is 2. The number of hydrogen-bond donors (Lipinski definition) is 2.